The van der Waals surface area contributed by atoms with Crippen molar-refractivity contribution in [2.75, 3.05) is 19.8 Å². The molecule has 402 valence electrons. The predicted molar refractivity (Wildman–Crippen MR) is 278 cm³/mol. The van der Waals surface area contributed by atoms with Crippen molar-refractivity contribution in [3.05, 3.63) is 12.2 Å². The summed E-state index contributed by atoms with van der Waals surface area (Å²) in [6, 6.07) is -0.811. The second kappa shape index (κ2) is 47.7. The van der Waals surface area contributed by atoms with Gasteiger partial charge in [0, 0.05) is 12.8 Å². The molecule has 1 aliphatic heterocycles. The molecule has 0 bridgehead atoms. The van der Waals surface area contributed by atoms with Crippen LogP contribution in [0.1, 0.15) is 277 Å². The molecule has 11 heteroatoms. The van der Waals surface area contributed by atoms with E-state index in [0.29, 0.717) is 19.4 Å². The molecule has 0 aromatic carbocycles. The maximum Gasteiger partial charge on any atom is 0.305 e. The third-order valence-corrected chi connectivity index (χ3v) is 13.9. The van der Waals surface area contributed by atoms with Crippen LogP contribution in [0.4, 0.5) is 0 Å². The van der Waals surface area contributed by atoms with Crippen molar-refractivity contribution in [1.29, 1.82) is 0 Å². The largest absolute Gasteiger partial charge is 0.466 e. The number of nitrogens with one attached hydrogen (secondary N) is 1. The van der Waals surface area contributed by atoms with Crippen molar-refractivity contribution in [2.24, 2.45) is 0 Å². The fraction of sp³-hybridized carbons (Fsp3) is 0.930. The molecule has 0 aliphatic carbocycles. The summed E-state index contributed by atoms with van der Waals surface area (Å²) in [5.41, 5.74) is 0. The lowest BCUT2D eigenvalue weighted by Crippen LogP contribution is -2.60. The molecule has 0 saturated carbocycles. The number of hydrogen-bond acceptors (Lipinski definition) is 10. The number of rotatable bonds is 50. The smallest absolute Gasteiger partial charge is 0.305 e. The van der Waals surface area contributed by atoms with Crippen molar-refractivity contribution in [3.63, 3.8) is 0 Å². The van der Waals surface area contributed by atoms with Gasteiger partial charge in [-0.3, -0.25) is 9.59 Å². The predicted octanol–water partition coefficient (Wildman–Crippen LogP) is 12.8. The Hall–Kier alpha value is -1.60. The number of carbonyl (C=O) groups excluding carboxylic acids is 2. The topological polar surface area (TPSA) is 175 Å². The van der Waals surface area contributed by atoms with E-state index in [-0.39, 0.29) is 18.5 Å². The van der Waals surface area contributed by atoms with Crippen LogP contribution in [0.5, 0.6) is 0 Å². The third-order valence-electron chi connectivity index (χ3n) is 13.9. The van der Waals surface area contributed by atoms with Gasteiger partial charge in [0.2, 0.25) is 5.91 Å². The second-order valence-electron chi connectivity index (χ2n) is 20.4. The van der Waals surface area contributed by atoms with E-state index in [1.165, 1.54) is 186 Å². The Bertz CT molecular complexity index is 1140. The van der Waals surface area contributed by atoms with Gasteiger partial charge in [-0.05, 0) is 32.1 Å². The van der Waals surface area contributed by atoms with Crippen LogP contribution in [0.3, 0.4) is 0 Å². The van der Waals surface area contributed by atoms with Gasteiger partial charge < -0.3 is 45.1 Å². The summed E-state index contributed by atoms with van der Waals surface area (Å²) in [7, 11) is 0. The van der Waals surface area contributed by atoms with E-state index in [9.17, 15) is 35.1 Å². The molecule has 1 amide bonds. The number of esters is 1. The maximum absolute atomic E-state index is 13.0. The van der Waals surface area contributed by atoms with Gasteiger partial charge in [0.25, 0.3) is 0 Å². The molecule has 0 aromatic heterocycles. The summed E-state index contributed by atoms with van der Waals surface area (Å²) in [4.78, 5) is 25.0. The minimum Gasteiger partial charge on any atom is -0.466 e. The van der Waals surface area contributed by atoms with Crippen LogP contribution < -0.4 is 5.32 Å². The first kappa shape index (κ1) is 64.4. The normalized spacial score (nSPS) is 19.4. The van der Waals surface area contributed by atoms with Crippen LogP contribution in [0, 0.1) is 0 Å². The number of aliphatic hydroxyl groups is 5. The Morgan fingerprint density at radius 1 is 0.529 bits per heavy atom. The van der Waals surface area contributed by atoms with Crippen molar-refractivity contribution < 1.29 is 49.3 Å². The Balaban J connectivity index is 2.03. The summed E-state index contributed by atoms with van der Waals surface area (Å²) >= 11 is 0. The Morgan fingerprint density at radius 2 is 0.926 bits per heavy atom. The van der Waals surface area contributed by atoms with Gasteiger partial charge in [0.05, 0.1) is 32.0 Å². The maximum atomic E-state index is 13.0. The lowest BCUT2D eigenvalue weighted by atomic mass is 9.99. The molecule has 11 nitrogen and oxygen atoms in total. The highest BCUT2D eigenvalue weighted by molar-refractivity contribution is 5.76. The molecule has 7 atom stereocenters. The number of aliphatic hydroxyl groups excluding tert-OH is 5. The van der Waals surface area contributed by atoms with E-state index in [2.05, 4.69) is 19.2 Å². The second-order valence-corrected chi connectivity index (χ2v) is 20.4. The van der Waals surface area contributed by atoms with Crippen LogP contribution in [-0.2, 0) is 23.8 Å². The first-order chi connectivity index (χ1) is 33.2. The van der Waals surface area contributed by atoms with E-state index in [1.54, 1.807) is 6.08 Å². The highest BCUT2D eigenvalue weighted by atomic mass is 16.7. The first-order valence-electron chi connectivity index (χ1n) is 29.0. The highest BCUT2D eigenvalue weighted by Gasteiger charge is 2.44. The van der Waals surface area contributed by atoms with E-state index < -0.39 is 49.5 Å². The number of ether oxygens (including phenoxy) is 3. The molecular formula is C57H109NO10. The summed E-state index contributed by atoms with van der Waals surface area (Å²) in [6.07, 6.45) is 44.5. The molecule has 0 radical (unpaired) electrons. The molecule has 1 saturated heterocycles. The average molecular weight is 968 g/mol. The zero-order valence-electron chi connectivity index (χ0n) is 44.1. The van der Waals surface area contributed by atoms with Crippen molar-refractivity contribution in [2.45, 2.75) is 320 Å². The van der Waals surface area contributed by atoms with E-state index in [0.717, 1.165) is 64.2 Å². The molecular weight excluding hydrogens is 859 g/mol. The standard InChI is InChI=1S/C57H109NO10/c1-3-5-7-9-11-13-14-15-22-25-29-33-37-41-45-53(62)66-46-42-38-34-30-26-23-20-18-16-17-19-21-24-28-32-36-40-44-52(61)58-49(50(60)43-39-35-31-27-12-10-8-6-4-2)48-67-57-56(65)55(64)54(63)51(47-59)68-57/h39,43,49-51,54-57,59-60,63-65H,3-38,40-42,44-48H2,1-2H3,(H,58,61)/b43-39+. The quantitative estimate of drug-likeness (QED) is 0.0196. The fourth-order valence-electron chi connectivity index (χ4n) is 9.26. The van der Waals surface area contributed by atoms with Gasteiger partial charge in [-0.2, -0.15) is 0 Å². The number of allylic oxidation sites excluding steroid dienone is 1. The molecule has 1 rings (SSSR count). The minimum absolute atomic E-state index is 0.00903. The van der Waals surface area contributed by atoms with Gasteiger partial charge in [-0.25, -0.2) is 0 Å². The number of amides is 1. The zero-order valence-corrected chi connectivity index (χ0v) is 44.1. The van der Waals surface area contributed by atoms with Crippen LogP contribution in [-0.4, -0.2) is 100 Å². The van der Waals surface area contributed by atoms with Crippen LogP contribution in [0.25, 0.3) is 0 Å². The highest BCUT2D eigenvalue weighted by Crippen LogP contribution is 2.23. The van der Waals surface area contributed by atoms with Crippen molar-refractivity contribution >= 4 is 11.9 Å². The lowest BCUT2D eigenvalue weighted by Gasteiger charge is -2.40. The van der Waals surface area contributed by atoms with Gasteiger partial charge in [-0.15, -0.1) is 0 Å². The van der Waals surface area contributed by atoms with Gasteiger partial charge in [0.15, 0.2) is 6.29 Å². The zero-order chi connectivity index (χ0) is 49.6. The third kappa shape index (κ3) is 37.2. The number of hydrogen-bond donors (Lipinski definition) is 6. The van der Waals surface area contributed by atoms with Gasteiger partial charge >= 0.3 is 5.97 Å². The average Bonchev–Trinajstić information content (AvgIpc) is 3.33. The Labute approximate surface area is 417 Å². The summed E-state index contributed by atoms with van der Waals surface area (Å²) in [5, 5.41) is 54.2. The summed E-state index contributed by atoms with van der Waals surface area (Å²) < 4.78 is 16.7. The number of carbonyl (C=O) groups is 2. The van der Waals surface area contributed by atoms with Crippen molar-refractivity contribution in [3.8, 4) is 0 Å². The van der Waals surface area contributed by atoms with Crippen LogP contribution in [0.15, 0.2) is 12.2 Å². The monoisotopic (exact) mass is 968 g/mol. The van der Waals surface area contributed by atoms with Crippen molar-refractivity contribution in [1.82, 2.24) is 5.32 Å². The SMILES string of the molecule is CCCCCCCCC/C=C/C(O)C(COC1OC(CO)C(O)C(O)C1O)NC(=O)CCCCCCCCCCCCCCCCCCCOC(=O)CCCCCCCCCCCCCCCC. The molecule has 68 heavy (non-hydrogen) atoms. The molecule has 6 N–H and O–H groups in total. The van der Waals surface area contributed by atoms with E-state index in [4.69, 9.17) is 14.2 Å². The first-order valence-corrected chi connectivity index (χ1v) is 29.0. The molecule has 1 aliphatic rings. The summed E-state index contributed by atoms with van der Waals surface area (Å²) in [6.45, 7) is 4.31. The van der Waals surface area contributed by atoms with E-state index >= 15 is 0 Å². The molecule has 7 unspecified atom stereocenters. The Kier molecular flexibility index (Phi) is 45.2. The van der Waals surface area contributed by atoms with Gasteiger partial charge in [0.1, 0.15) is 24.4 Å². The Morgan fingerprint density at radius 3 is 1.37 bits per heavy atom. The molecule has 0 aromatic rings. The van der Waals surface area contributed by atoms with Gasteiger partial charge in [-0.1, -0.05) is 244 Å². The minimum atomic E-state index is -1.57. The van der Waals surface area contributed by atoms with Crippen LogP contribution in [0.2, 0.25) is 0 Å². The van der Waals surface area contributed by atoms with Crippen LogP contribution >= 0.6 is 0 Å². The fourth-order valence-corrected chi connectivity index (χ4v) is 9.26. The molecule has 0 spiro atoms. The summed E-state index contributed by atoms with van der Waals surface area (Å²) in [5.74, 6) is -0.197. The number of unbranched alkanes of at least 4 members (excludes halogenated alkanes) is 36. The van der Waals surface area contributed by atoms with E-state index in [1.807, 2.05) is 6.08 Å². The molecule has 1 heterocycles. The molecule has 1 fully saturated rings. The lowest BCUT2D eigenvalue weighted by molar-refractivity contribution is -0.302.